The molecule has 0 aliphatic carbocycles. The minimum atomic E-state index is -2.43. The maximum absolute atomic E-state index is 10.1. The molecule has 4 N–H and O–H groups in total. The molecule has 1 unspecified atom stereocenters. The number of rotatable bonds is 2. The molecule has 144 valence electrons. The van der Waals surface area contributed by atoms with Crippen molar-refractivity contribution in [3.8, 4) is 11.8 Å². The molecule has 26 heavy (non-hydrogen) atoms. The van der Waals surface area contributed by atoms with Crippen LogP contribution < -0.4 is 10.1 Å². The molecule has 2 heterocycles. The molecule has 1 amide bonds. The summed E-state index contributed by atoms with van der Waals surface area (Å²) < 4.78 is 10.9. The SMILES string of the molecule is CC1(C)Oc2ccc(C#N)cc2CC1OP(O)O.CO.O=C1CCCN1. The van der Waals surface area contributed by atoms with Crippen LogP contribution in [0, 0.1) is 11.3 Å². The number of carbonyl (C=O) groups is 1. The van der Waals surface area contributed by atoms with E-state index < -0.39 is 20.3 Å². The number of nitrogens with zero attached hydrogens (tertiary/aromatic N) is 1. The third kappa shape index (κ3) is 6.52. The zero-order valence-electron chi connectivity index (χ0n) is 15.1. The van der Waals surface area contributed by atoms with E-state index in [-0.39, 0.29) is 5.91 Å². The number of hydrogen-bond donors (Lipinski definition) is 4. The third-order valence-electron chi connectivity index (χ3n) is 3.87. The maximum Gasteiger partial charge on any atom is 0.327 e. The fourth-order valence-electron chi connectivity index (χ4n) is 2.55. The molecule has 2 aliphatic heterocycles. The van der Waals surface area contributed by atoms with Crippen LogP contribution in [0.4, 0.5) is 0 Å². The molecular formula is C17H25N2O6P. The Hall–Kier alpha value is -1.75. The average molecular weight is 384 g/mol. The van der Waals surface area contributed by atoms with Crippen LogP contribution in [0.1, 0.15) is 37.8 Å². The summed E-state index contributed by atoms with van der Waals surface area (Å²) >= 11 is 0. The summed E-state index contributed by atoms with van der Waals surface area (Å²) in [7, 11) is -1.43. The van der Waals surface area contributed by atoms with E-state index in [2.05, 4.69) is 11.4 Å². The second-order valence-electron chi connectivity index (χ2n) is 6.14. The van der Waals surface area contributed by atoms with E-state index in [0.717, 1.165) is 32.1 Å². The van der Waals surface area contributed by atoms with E-state index >= 15 is 0 Å². The van der Waals surface area contributed by atoms with Gasteiger partial charge in [0.15, 0.2) is 0 Å². The summed E-state index contributed by atoms with van der Waals surface area (Å²) in [5.74, 6) is 0.911. The van der Waals surface area contributed by atoms with Crippen LogP contribution in [-0.2, 0) is 15.7 Å². The van der Waals surface area contributed by atoms with Gasteiger partial charge in [-0.15, -0.1) is 0 Å². The predicted octanol–water partition coefficient (Wildman–Crippen LogP) is 1.37. The second-order valence-corrected chi connectivity index (χ2v) is 6.86. The fraction of sp³-hybridized carbons (Fsp3) is 0.529. The molecule has 1 atom stereocenters. The van der Waals surface area contributed by atoms with Crippen LogP contribution in [0.3, 0.4) is 0 Å². The van der Waals surface area contributed by atoms with Gasteiger partial charge in [-0.1, -0.05) is 0 Å². The first-order valence-electron chi connectivity index (χ1n) is 8.10. The maximum atomic E-state index is 10.1. The van der Waals surface area contributed by atoms with E-state index in [1.54, 1.807) is 18.2 Å². The summed E-state index contributed by atoms with van der Waals surface area (Å²) in [4.78, 5) is 28.1. The largest absolute Gasteiger partial charge is 0.485 e. The zero-order valence-corrected chi connectivity index (χ0v) is 16.0. The first-order valence-corrected chi connectivity index (χ1v) is 9.26. The van der Waals surface area contributed by atoms with Gasteiger partial charge in [0.25, 0.3) is 0 Å². The molecule has 0 bridgehead atoms. The third-order valence-corrected chi connectivity index (χ3v) is 4.31. The highest BCUT2D eigenvalue weighted by Crippen LogP contribution is 2.40. The van der Waals surface area contributed by atoms with Crippen molar-refractivity contribution in [2.75, 3.05) is 13.7 Å². The molecular weight excluding hydrogens is 359 g/mol. The van der Waals surface area contributed by atoms with E-state index in [1.165, 1.54) is 0 Å². The number of nitriles is 1. The van der Waals surface area contributed by atoms with Crippen LogP contribution in [-0.4, -0.2) is 46.2 Å². The van der Waals surface area contributed by atoms with Crippen molar-refractivity contribution in [1.82, 2.24) is 5.32 Å². The lowest BCUT2D eigenvalue weighted by molar-refractivity contribution is -0.119. The van der Waals surface area contributed by atoms with Crippen LogP contribution in [0.2, 0.25) is 0 Å². The summed E-state index contributed by atoms with van der Waals surface area (Å²) in [6, 6.07) is 7.25. The van der Waals surface area contributed by atoms with Crippen molar-refractivity contribution in [3.05, 3.63) is 29.3 Å². The summed E-state index contributed by atoms with van der Waals surface area (Å²) in [5.41, 5.74) is 0.744. The van der Waals surface area contributed by atoms with Crippen LogP contribution in [0.25, 0.3) is 0 Å². The normalized spacial score (nSPS) is 19.6. The van der Waals surface area contributed by atoms with Crippen molar-refractivity contribution in [2.45, 2.75) is 44.8 Å². The molecule has 8 nitrogen and oxygen atoms in total. The van der Waals surface area contributed by atoms with Gasteiger partial charge in [-0.3, -0.25) is 4.79 Å². The Labute approximate surface area is 154 Å². The molecule has 3 rings (SSSR count). The van der Waals surface area contributed by atoms with Crippen molar-refractivity contribution >= 4 is 14.5 Å². The van der Waals surface area contributed by atoms with E-state index in [0.29, 0.717) is 17.7 Å². The number of carbonyl (C=O) groups excluding carboxylic acids is 1. The highest BCUT2D eigenvalue weighted by molar-refractivity contribution is 7.39. The zero-order chi connectivity index (χ0) is 19.7. The van der Waals surface area contributed by atoms with Crippen LogP contribution in [0.15, 0.2) is 18.2 Å². The molecule has 0 saturated carbocycles. The molecule has 0 aromatic heterocycles. The Morgan fingerprint density at radius 2 is 2.08 bits per heavy atom. The Morgan fingerprint density at radius 3 is 2.54 bits per heavy atom. The minimum absolute atomic E-state index is 0.204. The second kappa shape index (κ2) is 10.4. The van der Waals surface area contributed by atoms with Crippen LogP contribution >= 0.6 is 8.60 Å². The van der Waals surface area contributed by atoms with Crippen molar-refractivity contribution in [1.29, 1.82) is 5.26 Å². The number of ether oxygens (including phenoxy) is 1. The highest BCUT2D eigenvalue weighted by atomic mass is 31.2. The lowest BCUT2D eigenvalue weighted by Gasteiger charge is -2.39. The Balaban J connectivity index is 0.000000353. The number of nitrogens with one attached hydrogen (secondary N) is 1. The monoisotopic (exact) mass is 384 g/mol. The summed E-state index contributed by atoms with van der Waals surface area (Å²) in [6.07, 6.45) is 1.79. The van der Waals surface area contributed by atoms with E-state index in [4.69, 9.17) is 29.4 Å². The quantitative estimate of drug-likeness (QED) is 0.566. The van der Waals surface area contributed by atoms with Crippen molar-refractivity contribution in [2.24, 2.45) is 0 Å². The van der Waals surface area contributed by atoms with E-state index in [1.807, 2.05) is 13.8 Å². The lowest BCUT2D eigenvalue weighted by Crippen LogP contribution is -2.47. The van der Waals surface area contributed by atoms with Gasteiger partial charge < -0.3 is 29.5 Å². The predicted molar refractivity (Wildman–Crippen MR) is 96.2 cm³/mol. The summed E-state index contributed by atoms with van der Waals surface area (Å²) in [5, 5.41) is 18.5. The highest BCUT2D eigenvalue weighted by Gasteiger charge is 2.39. The van der Waals surface area contributed by atoms with Gasteiger partial charge in [-0.25, -0.2) is 0 Å². The number of fused-ring (bicyclic) bond motifs is 1. The summed E-state index contributed by atoms with van der Waals surface area (Å²) in [6.45, 7) is 4.55. The number of amides is 1. The average Bonchev–Trinajstić information content (AvgIpc) is 3.08. The first kappa shape index (κ1) is 22.3. The molecule has 2 aliphatic rings. The molecule has 0 spiro atoms. The molecule has 9 heteroatoms. The van der Waals surface area contributed by atoms with Crippen molar-refractivity contribution in [3.63, 3.8) is 0 Å². The van der Waals surface area contributed by atoms with Gasteiger partial charge in [0, 0.05) is 26.5 Å². The number of aliphatic hydroxyl groups excluding tert-OH is 1. The number of benzene rings is 1. The van der Waals surface area contributed by atoms with Gasteiger partial charge in [0.1, 0.15) is 17.5 Å². The molecule has 1 aromatic carbocycles. The Morgan fingerprint density at radius 1 is 1.38 bits per heavy atom. The van der Waals surface area contributed by atoms with Gasteiger partial charge >= 0.3 is 8.60 Å². The molecule has 0 radical (unpaired) electrons. The van der Waals surface area contributed by atoms with Gasteiger partial charge in [0.2, 0.25) is 5.91 Å². The Kier molecular flexibility index (Phi) is 8.93. The number of hydrogen-bond acceptors (Lipinski definition) is 7. The van der Waals surface area contributed by atoms with E-state index in [9.17, 15) is 4.79 Å². The topological polar surface area (TPSA) is 132 Å². The van der Waals surface area contributed by atoms with Gasteiger partial charge in [0.05, 0.1) is 11.6 Å². The van der Waals surface area contributed by atoms with Crippen LogP contribution in [0.5, 0.6) is 5.75 Å². The van der Waals surface area contributed by atoms with Gasteiger partial charge in [-0.2, -0.15) is 5.26 Å². The lowest BCUT2D eigenvalue weighted by atomic mass is 9.90. The van der Waals surface area contributed by atoms with Gasteiger partial charge in [-0.05, 0) is 44.0 Å². The fourth-order valence-corrected chi connectivity index (χ4v) is 3.10. The molecule has 1 aromatic rings. The Bertz CT molecular complexity index is 637. The standard InChI is InChI=1S/C12H14NO4P.C4H7NO.CH4O/c1-12(2)11(17-18(14)15)6-9-5-8(7-13)3-4-10(9)16-12;6-4-2-1-3-5-4;1-2/h3-5,11,14-15H,6H2,1-2H3;1-3H2,(H,5,6);2H,1H3. The minimum Gasteiger partial charge on any atom is -0.485 e. The molecule has 1 saturated heterocycles. The first-order chi connectivity index (χ1) is 12.3. The molecule has 1 fully saturated rings. The van der Waals surface area contributed by atoms with Crippen molar-refractivity contribution < 1.29 is 28.9 Å². The number of aliphatic hydroxyl groups is 1. The smallest absolute Gasteiger partial charge is 0.327 e.